The van der Waals surface area contributed by atoms with E-state index in [1.807, 2.05) is 12.1 Å². The van der Waals surface area contributed by atoms with Crippen molar-refractivity contribution in [3.63, 3.8) is 0 Å². The molecule has 0 radical (unpaired) electrons. The number of methoxy groups -OCH3 is 1. The predicted molar refractivity (Wildman–Crippen MR) is 64.9 cm³/mol. The molecule has 2 N–H and O–H groups in total. The van der Waals surface area contributed by atoms with Gasteiger partial charge in [-0.05, 0) is 36.6 Å². The summed E-state index contributed by atoms with van der Waals surface area (Å²) in [5.41, 5.74) is 9.43. The van der Waals surface area contributed by atoms with Crippen LogP contribution in [0, 0.1) is 0 Å². The van der Waals surface area contributed by atoms with E-state index < -0.39 is 0 Å². The van der Waals surface area contributed by atoms with Crippen molar-refractivity contribution in [2.75, 3.05) is 13.7 Å². The van der Waals surface area contributed by atoms with Gasteiger partial charge in [-0.1, -0.05) is 24.6 Å². The Balaban J connectivity index is 3.13. The number of allylic oxidation sites excluding steroid dienone is 1. The van der Waals surface area contributed by atoms with Crippen LogP contribution >= 0.6 is 0 Å². The van der Waals surface area contributed by atoms with E-state index in [9.17, 15) is 0 Å². The molecule has 0 fully saturated rings. The molecule has 0 saturated heterocycles. The average Bonchev–Trinajstić information content (AvgIpc) is 2.30. The largest absolute Gasteiger partial charge is 0.497 e. The van der Waals surface area contributed by atoms with Gasteiger partial charge in [-0.25, -0.2) is 0 Å². The topological polar surface area (TPSA) is 35.2 Å². The lowest BCUT2D eigenvalue weighted by Crippen LogP contribution is -2.03. The van der Waals surface area contributed by atoms with Gasteiger partial charge >= 0.3 is 0 Å². The van der Waals surface area contributed by atoms with E-state index in [0.717, 1.165) is 12.2 Å². The third-order valence-electron chi connectivity index (χ3n) is 2.59. The second-order valence-electron chi connectivity index (χ2n) is 3.55. The van der Waals surface area contributed by atoms with Gasteiger partial charge in [0.2, 0.25) is 0 Å². The van der Waals surface area contributed by atoms with Gasteiger partial charge in [0.15, 0.2) is 0 Å². The Labute approximate surface area is 91.7 Å². The van der Waals surface area contributed by atoms with Crippen LogP contribution in [0.15, 0.2) is 29.8 Å². The smallest absolute Gasteiger partial charge is 0.119 e. The summed E-state index contributed by atoms with van der Waals surface area (Å²) in [5.74, 6) is 0.892. The first-order valence-corrected chi connectivity index (χ1v) is 5.26. The lowest BCUT2D eigenvalue weighted by molar-refractivity contribution is 0.414. The molecule has 1 aromatic carbocycles. The minimum atomic E-state index is 0.611. The fraction of sp³-hybridized carbons (Fsp3) is 0.385. The third kappa shape index (κ3) is 2.83. The summed E-state index contributed by atoms with van der Waals surface area (Å²) >= 11 is 0. The Bertz CT molecular complexity index is 355. The highest BCUT2D eigenvalue weighted by Gasteiger charge is 2.03. The molecule has 0 atom stereocenters. The molecule has 0 spiro atoms. The first kappa shape index (κ1) is 11.8. The number of ether oxygens (including phenoxy) is 1. The molecule has 2 heteroatoms. The Morgan fingerprint density at radius 3 is 2.67 bits per heavy atom. The van der Waals surface area contributed by atoms with E-state index in [2.05, 4.69) is 26.0 Å². The number of benzene rings is 1. The molecule has 0 aliphatic rings. The Morgan fingerprint density at radius 2 is 2.13 bits per heavy atom. The summed E-state index contributed by atoms with van der Waals surface area (Å²) < 4.78 is 5.21. The van der Waals surface area contributed by atoms with E-state index in [0.29, 0.717) is 6.54 Å². The first-order chi connectivity index (χ1) is 7.22. The second-order valence-corrected chi connectivity index (χ2v) is 3.55. The normalized spacial score (nSPS) is 12.3. The van der Waals surface area contributed by atoms with Crippen molar-refractivity contribution >= 4 is 5.57 Å². The number of nitrogens with two attached hydrogens (primary N) is 1. The maximum atomic E-state index is 5.67. The molecule has 0 heterocycles. The van der Waals surface area contributed by atoms with E-state index in [1.165, 1.54) is 16.7 Å². The molecule has 0 saturated carbocycles. The summed E-state index contributed by atoms with van der Waals surface area (Å²) in [6.07, 6.45) is 0.996. The van der Waals surface area contributed by atoms with Crippen LogP contribution in [-0.2, 0) is 0 Å². The van der Waals surface area contributed by atoms with Crippen molar-refractivity contribution in [1.82, 2.24) is 0 Å². The SMILES string of the molecule is CC/C(=C(\C)CN)c1cccc(OC)c1. The Morgan fingerprint density at radius 1 is 1.40 bits per heavy atom. The van der Waals surface area contributed by atoms with Crippen LogP contribution in [0.2, 0.25) is 0 Å². The second kappa shape index (κ2) is 5.56. The van der Waals surface area contributed by atoms with Gasteiger partial charge in [-0.15, -0.1) is 0 Å². The van der Waals surface area contributed by atoms with Crippen molar-refractivity contribution in [1.29, 1.82) is 0 Å². The van der Waals surface area contributed by atoms with Gasteiger partial charge in [-0.3, -0.25) is 0 Å². The number of hydrogen-bond donors (Lipinski definition) is 1. The summed E-state index contributed by atoms with van der Waals surface area (Å²) in [6.45, 7) is 4.84. The van der Waals surface area contributed by atoms with Gasteiger partial charge in [0.05, 0.1) is 7.11 Å². The zero-order valence-electron chi connectivity index (χ0n) is 9.71. The van der Waals surface area contributed by atoms with E-state index in [4.69, 9.17) is 10.5 Å². The third-order valence-corrected chi connectivity index (χ3v) is 2.59. The van der Waals surface area contributed by atoms with Crippen LogP contribution in [0.4, 0.5) is 0 Å². The van der Waals surface area contributed by atoms with Crippen LogP contribution in [0.3, 0.4) is 0 Å². The van der Waals surface area contributed by atoms with Crippen LogP contribution in [0.5, 0.6) is 5.75 Å². The molecule has 1 aromatic rings. The maximum Gasteiger partial charge on any atom is 0.119 e. The van der Waals surface area contributed by atoms with E-state index in [1.54, 1.807) is 7.11 Å². The molecule has 82 valence electrons. The molecule has 2 nitrogen and oxygen atoms in total. The van der Waals surface area contributed by atoms with Crippen molar-refractivity contribution in [3.05, 3.63) is 35.4 Å². The van der Waals surface area contributed by atoms with Gasteiger partial charge in [-0.2, -0.15) is 0 Å². The zero-order valence-corrected chi connectivity index (χ0v) is 9.71. The predicted octanol–water partition coefficient (Wildman–Crippen LogP) is 2.84. The summed E-state index contributed by atoms with van der Waals surface area (Å²) in [7, 11) is 1.68. The minimum absolute atomic E-state index is 0.611. The molecule has 0 amide bonds. The Hall–Kier alpha value is -1.28. The maximum absolute atomic E-state index is 5.67. The molecular formula is C13H19NO. The fourth-order valence-electron chi connectivity index (χ4n) is 1.69. The lowest BCUT2D eigenvalue weighted by Gasteiger charge is -2.10. The fourth-order valence-corrected chi connectivity index (χ4v) is 1.69. The highest BCUT2D eigenvalue weighted by molar-refractivity contribution is 5.69. The summed E-state index contributed by atoms with van der Waals surface area (Å²) in [5, 5.41) is 0. The number of rotatable bonds is 4. The van der Waals surface area contributed by atoms with Gasteiger partial charge in [0.1, 0.15) is 5.75 Å². The zero-order chi connectivity index (χ0) is 11.3. The van der Waals surface area contributed by atoms with E-state index in [-0.39, 0.29) is 0 Å². The van der Waals surface area contributed by atoms with Gasteiger partial charge < -0.3 is 10.5 Å². The standard InChI is InChI=1S/C13H19NO/c1-4-13(10(2)9-14)11-6-5-7-12(8-11)15-3/h5-8H,4,9,14H2,1-3H3/b13-10-. The summed E-state index contributed by atoms with van der Waals surface area (Å²) in [4.78, 5) is 0. The first-order valence-electron chi connectivity index (χ1n) is 5.26. The van der Waals surface area contributed by atoms with Crippen molar-refractivity contribution in [2.24, 2.45) is 5.73 Å². The monoisotopic (exact) mass is 205 g/mol. The molecular weight excluding hydrogens is 186 g/mol. The molecule has 0 aliphatic carbocycles. The Kier molecular flexibility index (Phi) is 4.37. The van der Waals surface area contributed by atoms with Gasteiger partial charge in [0.25, 0.3) is 0 Å². The van der Waals surface area contributed by atoms with Crippen molar-refractivity contribution in [2.45, 2.75) is 20.3 Å². The quantitative estimate of drug-likeness (QED) is 0.820. The lowest BCUT2D eigenvalue weighted by atomic mass is 9.98. The molecule has 1 rings (SSSR count). The molecule has 0 bridgehead atoms. The van der Waals surface area contributed by atoms with Crippen LogP contribution in [0.1, 0.15) is 25.8 Å². The average molecular weight is 205 g/mol. The van der Waals surface area contributed by atoms with Crippen molar-refractivity contribution < 1.29 is 4.74 Å². The number of hydrogen-bond acceptors (Lipinski definition) is 2. The van der Waals surface area contributed by atoms with Gasteiger partial charge in [0, 0.05) is 6.54 Å². The molecule has 15 heavy (non-hydrogen) atoms. The van der Waals surface area contributed by atoms with Crippen LogP contribution in [-0.4, -0.2) is 13.7 Å². The van der Waals surface area contributed by atoms with Crippen LogP contribution in [0.25, 0.3) is 5.57 Å². The van der Waals surface area contributed by atoms with E-state index >= 15 is 0 Å². The summed E-state index contributed by atoms with van der Waals surface area (Å²) in [6, 6.07) is 8.11. The molecule has 0 unspecified atom stereocenters. The highest BCUT2D eigenvalue weighted by atomic mass is 16.5. The minimum Gasteiger partial charge on any atom is -0.497 e. The van der Waals surface area contributed by atoms with Crippen molar-refractivity contribution in [3.8, 4) is 5.75 Å². The van der Waals surface area contributed by atoms with Crippen LogP contribution < -0.4 is 10.5 Å². The highest BCUT2D eigenvalue weighted by Crippen LogP contribution is 2.24. The molecule has 0 aliphatic heterocycles. The molecule has 0 aromatic heterocycles.